The van der Waals surface area contributed by atoms with Crippen LogP contribution < -0.4 is 4.74 Å². The molecule has 1 aromatic carbocycles. The van der Waals surface area contributed by atoms with Gasteiger partial charge in [-0.15, -0.1) is 0 Å². The molecule has 0 aliphatic rings. The molecule has 0 aliphatic carbocycles. The molecule has 5 heteroatoms. The van der Waals surface area contributed by atoms with Crippen molar-refractivity contribution in [3.63, 3.8) is 0 Å². The molecule has 1 aromatic rings. The second kappa shape index (κ2) is 6.43. The minimum absolute atomic E-state index is 0.342. The van der Waals surface area contributed by atoms with Gasteiger partial charge in [-0.3, -0.25) is 0 Å². The van der Waals surface area contributed by atoms with E-state index < -0.39 is 0 Å². The van der Waals surface area contributed by atoms with Crippen molar-refractivity contribution in [2.45, 2.75) is 0 Å². The molecule has 0 saturated carbocycles. The number of methoxy groups -OCH3 is 1. The lowest BCUT2D eigenvalue weighted by Gasteiger charge is -2.10. The molecule has 3 nitrogen and oxygen atoms in total. The molecular formula is C11H10I2O3. The summed E-state index contributed by atoms with van der Waals surface area (Å²) < 4.78 is 11.9. The third-order valence-corrected chi connectivity index (χ3v) is 3.37. The molecular weight excluding hydrogens is 434 g/mol. The Hall–Kier alpha value is -0.310. The summed E-state index contributed by atoms with van der Waals surface area (Å²) in [5, 5.41) is 0. The van der Waals surface area contributed by atoms with Gasteiger partial charge in [0.1, 0.15) is 12.4 Å². The van der Waals surface area contributed by atoms with Crippen LogP contribution in [0.3, 0.4) is 0 Å². The van der Waals surface area contributed by atoms with Crippen LogP contribution in [0.15, 0.2) is 24.8 Å². The number of carbonyl (C=O) groups excluding carboxylic acids is 1. The van der Waals surface area contributed by atoms with E-state index in [1.54, 1.807) is 18.2 Å². The maximum absolute atomic E-state index is 11.4. The quantitative estimate of drug-likeness (QED) is 0.407. The van der Waals surface area contributed by atoms with Crippen molar-refractivity contribution < 1.29 is 14.3 Å². The van der Waals surface area contributed by atoms with E-state index in [0.29, 0.717) is 12.2 Å². The fourth-order valence-corrected chi connectivity index (χ4v) is 3.16. The number of hydrogen-bond donors (Lipinski definition) is 0. The van der Waals surface area contributed by atoms with Crippen LogP contribution in [0.2, 0.25) is 0 Å². The normalized spacial score (nSPS) is 9.69. The van der Waals surface area contributed by atoms with Gasteiger partial charge in [-0.2, -0.15) is 0 Å². The Kier molecular flexibility index (Phi) is 5.53. The molecule has 0 spiro atoms. The first-order valence-corrected chi connectivity index (χ1v) is 6.57. The third kappa shape index (κ3) is 3.34. The summed E-state index contributed by atoms with van der Waals surface area (Å²) in [6.45, 7) is 4.04. The van der Waals surface area contributed by atoms with Crippen LogP contribution in [0.5, 0.6) is 5.75 Å². The van der Waals surface area contributed by atoms with Crippen LogP contribution in [-0.2, 0) is 4.74 Å². The lowest BCUT2D eigenvalue weighted by molar-refractivity contribution is 0.0600. The molecule has 0 atom stereocenters. The molecule has 0 bridgehead atoms. The molecule has 0 heterocycles. The van der Waals surface area contributed by atoms with Gasteiger partial charge >= 0.3 is 5.97 Å². The number of esters is 1. The standard InChI is InChI=1S/C11H10I2O3/c1-3-4-16-10-8(12)5-7(6-9(10)13)11(14)15-2/h3,5-6H,1,4H2,2H3. The highest BCUT2D eigenvalue weighted by Gasteiger charge is 2.13. The van der Waals surface area contributed by atoms with E-state index in [4.69, 9.17) is 4.74 Å². The number of benzene rings is 1. The summed E-state index contributed by atoms with van der Waals surface area (Å²) in [7, 11) is 1.37. The highest BCUT2D eigenvalue weighted by Crippen LogP contribution is 2.29. The van der Waals surface area contributed by atoms with E-state index in [9.17, 15) is 4.79 Å². The van der Waals surface area contributed by atoms with Crippen molar-refractivity contribution in [3.8, 4) is 5.75 Å². The molecule has 0 amide bonds. The van der Waals surface area contributed by atoms with E-state index in [-0.39, 0.29) is 5.97 Å². The van der Waals surface area contributed by atoms with Gasteiger partial charge in [0, 0.05) is 0 Å². The van der Waals surface area contributed by atoms with Crippen LogP contribution in [0.25, 0.3) is 0 Å². The van der Waals surface area contributed by atoms with Crippen LogP contribution in [0.4, 0.5) is 0 Å². The zero-order chi connectivity index (χ0) is 12.1. The first kappa shape index (κ1) is 13.8. The van der Waals surface area contributed by atoms with Crippen molar-refractivity contribution in [2.75, 3.05) is 13.7 Å². The van der Waals surface area contributed by atoms with E-state index in [0.717, 1.165) is 12.9 Å². The van der Waals surface area contributed by atoms with Crippen LogP contribution in [0, 0.1) is 7.14 Å². The topological polar surface area (TPSA) is 35.5 Å². The number of rotatable bonds is 4. The molecule has 16 heavy (non-hydrogen) atoms. The zero-order valence-electron chi connectivity index (χ0n) is 8.63. The Balaban J connectivity index is 3.06. The smallest absolute Gasteiger partial charge is 0.337 e. The third-order valence-electron chi connectivity index (χ3n) is 1.76. The van der Waals surface area contributed by atoms with Crippen molar-refractivity contribution >= 4 is 51.2 Å². The minimum Gasteiger partial charge on any atom is -0.487 e. The predicted molar refractivity (Wildman–Crippen MR) is 78.9 cm³/mol. The van der Waals surface area contributed by atoms with Gasteiger partial charge < -0.3 is 9.47 Å². The molecule has 0 fully saturated rings. The van der Waals surface area contributed by atoms with Gasteiger partial charge in [-0.1, -0.05) is 12.7 Å². The molecule has 86 valence electrons. The van der Waals surface area contributed by atoms with E-state index in [1.807, 2.05) is 0 Å². The highest BCUT2D eigenvalue weighted by molar-refractivity contribution is 14.1. The van der Waals surface area contributed by atoms with Crippen molar-refractivity contribution in [1.82, 2.24) is 0 Å². The van der Waals surface area contributed by atoms with Crippen molar-refractivity contribution in [2.24, 2.45) is 0 Å². The van der Waals surface area contributed by atoms with Gasteiger partial charge in [0.25, 0.3) is 0 Å². The maximum Gasteiger partial charge on any atom is 0.337 e. The van der Waals surface area contributed by atoms with E-state index >= 15 is 0 Å². The van der Waals surface area contributed by atoms with E-state index in [1.165, 1.54) is 7.11 Å². The molecule has 0 saturated heterocycles. The molecule has 0 aliphatic heterocycles. The number of carbonyl (C=O) groups is 1. The lowest BCUT2D eigenvalue weighted by atomic mass is 10.2. The Bertz CT molecular complexity index is 393. The SMILES string of the molecule is C=CCOc1c(I)cc(C(=O)OC)cc1I. The molecule has 0 aromatic heterocycles. The largest absolute Gasteiger partial charge is 0.487 e. The number of hydrogen-bond acceptors (Lipinski definition) is 3. The fourth-order valence-electron chi connectivity index (χ4n) is 1.08. The van der Waals surface area contributed by atoms with Gasteiger partial charge in [0.05, 0.1) is 19.8 Å². The predicted octanol–water partition coefficient (Wildman–Crippen LogP) is 3.25. The monoisotopic (exact) mass is 444 g/mol. The average Bonchev–Trinajstić information content (AvgIpc) is 2.26. The first-order valence-electron chi connectivity index (χ1n) is 4.41. The zero-order valence-corrected chi connectivity index (χ0v) is 12.9. The Labute approximate surface area is 121 Å². The summed E-state index contributed by atoms with van der Waals surface area (Å²) in [4.78, 5) is 11.4. The molecule has 1 rings (SSSR count). The summed E-state index contributed by atoms with van der Waals surface area (Å²) >= 11 is 4.26. The van der Waals surface area contributed by atoms with E-state index in [2.05, 4.69) is 56.5 Å². The summed E-state index contributed by atoms with van der Waals surface area (Å²) in [5.41, 5.74) is 0.530. The first-order chi connectivity index (χ1) is 7.60. The summed E-state index contributed by atoms with van der Waals surface area (Å²) in [5.74, 6) is 0.430. The van der Waals surface area contributed by atoms with Crippen molar-refractivity contribution in [3.05, 3.63) is 37.5 Å². The Morgan fingerprint density at radius 1 is 1.44 bits per heavy atom. The second-order valence-electron chi connectivity index (χ2n) is 2.86. The number of halogens is 2. The van der Waals surface area contributed by atoms with Crippen molar-refractivity contribution in [1.29, 1.82) is 0 Å². The molecule has 0 unspecified atom stereocenters. The Morgan fingerprint density at radius 3 is 2.44 bits per heavy atom. The molecule has 0 radical (unpaired) electrons. The van der Waals surface area contributed by atoms with Crippen LogP contribution >= 0.6 is 45.2 Å². The number of ether oxygens (including phenoxy) is 2. The van der Waals surface area contributed by atoms with Gasteiger partial charge in [0.2, 0.25) is 0 Å². The molecule has 0 N–H and O–H groups in total. The fraction of sp³-hybridized carbons (Fsp3) is 0.182. The maximum atomic E-state index is 11.4. The van der Waals surface area contributed by atoms with Crippen LogP contribution in [-0.4, -0.2) is 19.7 Å². The van der Waals surface area contributed by atoms with Crippen LogP contribution in [0.1, 0.15) is 10.4 Å². The second-order valence-corrected chi connectivity index (χ2v) is 5.18. The lowest BCUT2D eigenvalue weighted by Crippen LogP contribution is -2.04. The average molecular weight is 444 g/mol. The minimum atomic E-state index is -0.342. The Morgan fingerprint density at radius 2 is 2.00 bits per heavy atom. The van der Waals surface area contributed by atoms with Gasteiger partial charge in [0.15, 0.2) is 0 Å². The summed E-state index contributed by atoms with van der Waals surface area (Å²) in [6.07, 6.45) is 1.68. The summed E-state index contributed by atoms with van der Waals surface area (Å²) in [6, 6.07) is 3.49. The highest BCUT2D eigenvalue weighted by atomic mass is 127. The van der Waals surface area contributed by atoms with Gasteiger partial charge in [-0.25, -0.2) is 4.79 Å². The van der Waals surface area contributed by atoms with Gasteiger partial charge in [-0.05, 0) is 57.3 Å².